The highest BCUT2D eigenvalue weighted by Crippen LogP contribution is 2.29. The van der Waals surface area contributed by atoms with E-state index < -0.39 is 5.97 Å². The van der Waals surface area contributed by atoms with Crippen LogP contribution in [0.5, 0.6) is 0 Å². The van der Waals surface area contributed by atoms with Crippen molar-refractivity contribution in [3.63, 3.8) is 0 Å². The molecule has 1 N–H and O–H groups in total. The van der Waals surface area contributed by atoms with Crippen molar-refractivity contribution in [1.29, 1.82) is 0 Å². The summed E-state index contributed by atoms with van der Waals surface area (Å²) in [4.78, 5) is 18.3. The Labute approximate surface area is 120 Å². The molecule has 0 spiro atoms. The standard InChI is InChI=1S/C16H24N2O2/c1-10(2)14-8-13(16(19)20)9-15(17-14)18-11(3)6-5-7-12(18)4/h8-12H,5-7H2,1-4H3,(H,19,20). The molecule has 1 aliphatic heterocycles. The minimum absolute atomic E-state index is 0.225. The van der Waals surface area contributed by atoms with Crippen molar-refractivity contribution in [1.82, 2.24) is 4.98 Å². The number of aromatic nitrogens is 1. The number of piperidine rings is 1. The number of rotatable bonds is 3. The summed E-state index contributed by atoms with van der Waals surface area (Å²) < 4.78 is 0. The minimum atomic E-state index is -0.882. The zero-order valence-corrected chi connectivity index (χ0v) is 12.8. The maximum absolute atomic E-state index is 11.3. The SMILES string of the molecule is CC(C)c1cc(C(=O)O)cc(N2C(C)CCCC2C)n1. The number of aromatic carboxylic acids is 1. The molecule has 1 aromatic rings. The second-order valence-electron chi connectivity index (χ2n) is 6.13. The van der Waals surface area contributed by atoms with Crippen LogP contribution in [-0.2, 0) is 0 Å². The summed E-state index contributed by atoms with van der Waals surface area (Å²) in [5, 5.41) is 9.30. The summed E-state index contributed by atoms with van der Waals surface area (Å²) in [7, 11) is 0. The van der Waals surface area contributed by atoms with Gasteiger partial charge in [-0.3, -0.25) is 0 Å². The molecule has 1 saturated heterocycles. The van der Waals surface area contributed by atoms with Crippen molar-refractivity contribution in [2.75, 3.05) is 4.90 Å². The van der Waals surface area contributed by atoms with E-state index >= 15 is 0 Å². The zero-order valence-electron chi connectivity index (χ0n) is 12.8. The van der Waals surface area contributed by atoms with Gasteiger partial charge in [-0.15, -0.1) is 0 Å². The van der Waals surface area contributed by atoms with E-state index in [1.165, 1.54) is 6.42 Å². The molecule has 2 rings (SSSR count). The lowest BCUT2D eigenvalue weighted by atomic mass is 9.97. The van der Waals surface area contributed by atoms with Gasteiger partial charge in [0, 0.05) is 17.8 Å². The number of anilines is 1. The average Bonchev–Trinajstić information content (AvgIpc) is 2.38. The quantitative estimate of drug-likeness (QED) is 0.915. The molecule has 0 radical (unpaired) electrons. The van der Waals surface area contributed by atoms with E-state index in [1.807, 2.05) is 13.8 Å². The van der Waals surface area contributed by atoms with Crippen LogP contribution in [0.2, 0.25) is 0 Å². The fraction of sp³-hybridized carbons (Fsp3) is 0.625. The largest absolute Gasteiger partial charge is 0.478 e. The first-order valence-electron chi connectivity index (χ1n) is 7.43. The van der Waals surface area contributed by atoms with Gasteiger partial charge in [-0.05, 0) is 51.2 Å². The third-order valence-corrected chi connectivity index (χ3v) is 4.13. The molecule has 0 amide bonds. The molecule has 4 heteroatoms. The Morgan fingerprint density at radius 3 is 2.40 bits per heavy atom. The molecule has 2 heterocycles. The van der Waals surface area contributed by atoms with Crippen LogP contribution in [0, 0.1) is 0 Å². The predicted molar refractivity (Wildman–Crippen MR) is 80.5 cm³/mol. The molecule has 2 atom stereocenters. The van der Waals surface area contributed by atoms with Crippen molar-refractivity contribution in [3.05, 3.63) is 23.4 Å². The average molecular weight is 276 g/mol. The molecule has 20 heavy (non-hydrogen) atoms. The lowest BCUT2D eigenvalue weighted by molar-refractivity contribution is 0.0696. The van der Waals surface area contributed by atoms with Gasteiger partial charge in [0.05, 0.1) is 5.56 Å². The Morgan fingerprint density at radius 2 is 1.90 bits per heavy atom. The van der Waals surface area contributed by atoms with Crippen molar-refractivity contribution in [3.8, 4) is 0 Å². The summed E-state index contributed by atoms with van der Waals surface area (Å²) in [5.41, 5.74) is 1.19. The molecular formula is C16H24N2O2. The number of carboxylic acid groups (broad SMARTS) is 1. The highest BCUT2D eigenvalue weighted by molar-refractivity contribution is 5.88. The van der Waals surface area contributed by atoms with E-state index in [-0.39, 0.29) is 5.92 Å². The Balaban J connectivity index is 2.46. The second-order valence-corrected chi connectivity index (χ2v) is 6.13. The van der Waals surface area contributed by atoms with E-state index in [0.717, 1.165) is 24.4 Å². The fourth-order valence-electron chi connectivity index (χ4n) is 2.96. The topological polar surface area (TPSA) is 53.4 Å². The molecule has 1 aromatic heterocycles. The summed E-state index contributed by atoms with van der Waals surface area (Å²) >= 11 is 0. The predicted octanol–water partition coefficient (Wildman–Crippen LogP) is 3.67. The number of hydrogen-bond donors (Lipinski definition) is 1. The van der Waals surface area contributed by atoms with Gasteiger partial charge in [-0.25, -0.2) is 9.78 Å². The molecule has 2 unspecified atom stereocenters. The van der Waals surface area contributed by atoms with Crippen LogP contribution in [-0.4, -0.2) is 28.1 Å². The molecule has 1 fully saturated rings. The normalized spacial score (nSPS) is 23.1. The Bertz CT molecular complexity index is 489. The van der Waals surface area contributed by atoms with Gasteiger partial charge in [0.25, 0.3) is 0 Å². The van der Waals surface area contributed by atoms with Crippen LogP contribution >= 0.6 is 0 Å². The molecule has 0 aromatic carbocycles. The summed E-state index contributed by atoms with van der Waals surface area (Å²) in [6.07, 6.45) is 3.51. The monoisotopic (exact) mass is 276 g/mol. The Kier molecular flexibility index (Phi) is 4.31. The van der Waals surface area contributed by atoms with Crippen LogP contribution in [0.25, 0.3) is 0 Å². The van der Waals surface area contributed by atoms with Gasteiger partial charge in [-0.2, -0.15) is 0 Å². The van der Waals surface area contributed by atoms with E-state index in [0.29, 0.717) is 17.6 Å². The third kappa shape index (κ3) is 2.94. The molecule has 4 nitrogen and oxygen atoms in total. The lowest BCUT2D eigenvalue weighted by Gasteiger charge is -2.40. The molecule has 0 bridgehead atoms. The van der Waals surface area contributed by atoms with Gasteiger partial charge in [0.1, 0.15) is 5.82 Å². The molecular weight excluding hydrogens is 252 g/mol. The van der Waals surface area contributed by atoms with E-state index in [9.17, 15) is 9.90 Å². The number of pyridine rings is 1. The lowest BCUT2D eigenvalue weighted by Crippen LogP contribution is -2.44. The Morgan fingerprint density at radius 1 is 1.30 bits per heavy atom. The minimum Gasteiger partial charge on any atom is -0.478 e. The number of carboxylic acids is 1. The van der Waals surface area contributed by atoms with Crippen LogP contribution in [0.1, 0.15) is 68.9 Å². The summed E-state index contributed by atoms with van der Waals surface area (Å²) in [6.45, 7) is 8.47. The second kappa shape index (κ2) is 5.81. The van der Waals surface area contributed by atoms with Crippen molar-refractivity contribution >= 4 is 11.8 Å². The molecule has 1 aliphatic rings. The highest BCUT2D eigenvalue weighted by Gasteiger charge is 2.27. The fourth-order valence-corrected chi connectivity index (χ4v) is 2.96. The van der Waals surface area contributed by atoms with E-state index in [2.05, 4.69) is 18.7 Å². The maximum atomic E-state index is 11.3. The zero-order chi connectivity index (χ0) is 14.9. The number of nitrogens with zero attached hydrogens (tertiary/aromatic N) is 2. The van der Waals surface area contributed by atoms with Gasteiger partial charge < -0.3 is 10.0 Å². The first-order valence-corrected chi connectivity index (χ1v) is 7.43. The molecule has 0 saturated carbocycles. The van der Waals surface area contributed by atoms with Crippen LogP contribution in [0.3, 0.4) is 0 Å². The first-order chi connectivity index (χ1) is 9.40. The third-order valence-electron chi connectivity index (χ3n) is 4.13. The van der Waals surface area contributed by atoms with Crippen LogP contribution in [0.4, 0.5) is 5.82 Å². The van der Waals surface area contributed by atoms with Gasteiger partial charge in [0.15, 0.2) is 0 Å². The Hall–Kier alpha value is -1.58. The maximum Gasteiger partial charge on any atom is 0.335 e. The van der Waals surface area contributed by atoms with E-state index in [1.54, 1.807) is 12.1 Å². The van der Waals surface area contributed by atoms with Crippen molar-refractivity contribution < 1.29 is 9.90 Å². The summed E-state index contributed by atoms with van der Waals surface area (Å²) in [5.74, 6) is 0.157. The van der Waals surface area contributed by atoms with Gasteiger partial charge in [0.2, 0.25) is 0 Å². The van der Waals surface area contributed by atoms with Crippen LogP contribution in [0.15, 0.2) is 12.1 Å². The van der Waals surface area contributed by atoms with Crippen LogP contribution < -0.4 is 4.90 Å². The van der Waals surface area contributed by atoms with Gasteiger partial charge >= 0.3 is 5.97 Å². The molecule has 0 aliphatic carbocycles. The number of hydrogen-bond acceptors (Lipinski definition) is 3. The summed E-state index contributed by atoms with van der Waals surface area (Å²) in [6, 6.07) is 4.23. The first kappa shape index (κ1) is 14.8. The number of carbonyl (C=O) groups is 1. The van der Waals surface area contributed by atoms with Crippen molar-refractivity contribution in [2.45, 2.75) is 65.0 Å². The smallest absolute Gasteiger partial charge is 0.335 e. The van der Waals surface area contributed by atoms with Crippen molar-refractivity contribution in [2.24, 2.45) is 0 Å². The van der Waals surface area contributed by atoms with Gasteiger partial charge in [-0.1, -0.05) is 13.8 Å². The molecule has 110 valence electrons. The van der Waals surface area contributed by atoms with E-state index in [4.69, 9.17) is 4.98 Å². The highest BCUT2D eigenvalue weighted by atomic mass is 16.4.